The van der Waals surface area contributed by atoms with E-state index in [1.54, 1.807) is 60.7 Å². The maximum absolute atomic E-state index is 10.1. The van der Waals surface area contributed by atoms with Gasteiger partial charge >= 0.3 is 0 Å². The number of phenolic OH excluding ortho intramolecular Hbond substituents is 2. The lowest BCUT2D eigenvalue weighted by molar-refractivity contribution is 0.477. The highest BCUT2D eigenvalue weighted by molar-refractivity contribution is 5.87. The normalized spacial score (nSPS) is 11.4. The molecule has 0 bridgehead atoms. The number of nitrogens with zero attached hydrogens (tertiary/aromatic N) is 4. The zero-order chi connectivity index (χ0) is 24.5. The van der Waals surface area contributed by atoms with Crippen molar-refractivity contribution < 1.29 is 10.2 Å². The number of hydrogen-bond acceptors (Lipinski definition) is 6. The quantitative estimate of drug-likeness (QED) is 0.225. The summed E-state index contributed by atoms with van der Waals surface area (Å²) in [5.74, 6) is -0.0987. The molecule has 8 heteroatoms. The Morgan fingerprint density at radius 3 is 1.29 bits per heavy atom. The topological polar surface area (TPSA) is 121 Å². The third-order valence-electron chi connectivity index (χ3n) is 4.70. The lowest BCUT2D eigenvalue weighted by Crippen LogP contribution is -2.04. The van der Waals surface area contributed by atoms with Gasteiger partial charge in [0.25, 0.3) is 11.4 Å². The van der Waals surface area contributed by atoms with E-state index in [1.165, 1.54) is 12.1 Å². The van der Waals surface area contributed by atoms with E-state index in [2.05, 4.69) is 20.3 Å². The van der Waals surface area contributed by atoms with E-state index >= 15 is 0 Å². The highest BCUT2D eigenvalue weighted by atomic mass is 16.3. The highest BCUT2D eigenvalue weighted by Gasteiger charge is 2.15. The fraction of sp³-hybridized carbons (Fsp3) is 0. The molecular weight excluding hydrogens is 428 g/mol. The molecule has 0 spiro atoms. The van der Waals surface area contributed by atoms with Crippen molar-refractivity contribution >= 4 is 22.8 Å². The van der Waals surface area contributed by atoms with Crippen LogP contribution < -0.4 is 10.6 Å². The molecule has 8 nitrogen and oxygen atoms in total. The zero-order valence-electron chi connectivity index (χ0n) is 17.6. The van der Waals surface area contributed by atoms with Gasteiger partial charge in [-0.2, -0.15) is 0 Å². The summed E-state index contributed by atoms with van der Waals surface area (Å²) in [4.78, 5) is 6.56. The molecule has 0 amide bonds. The average molecular weight is 444 g/mol. The van der Waals surface area contributed by atoms with Crippen molar-refractivity contribution in [2.24, 2.45) is 0 Å². The Bertz CT molecular complexity index is 1310. The summed E-state index contributed by atoms with van der Waals surface area (Å²) in [5.41, 5.74) is 1.55. The Morgan fingerprint density at radius 2 is 1.00 bits per heavy atom. The molecule has 0 aromatic heterocycles. The summed E-state index contributed by atoms with van der Waals surface area (Å²) >= 11 is 0. The van der Waals surface area contributed by atoms with Crippen molar-refractivity contribution in [3.05, 3.63) is 118 Å². The molecule has 4 N–H and O–H groups in total. The van der Waals surface area contributed by atoms with Crippen molar-refractivity contribution in [1.82, 2.24) is 0 Å². The number of phenols is 2. The van der Waals surface area contributed by atoms with Gasteiger partial charge in [0.2, 0.25) is 0 Å². The molecule has 0 radical (unpaired) electrons. The van der Waals surface area contributed by atoms with Gasteiger partial charge in [-0.25, -0.2) is 20.2 Å². The van der Waals surface area contributed by atoms with Crippen LogP contribution in [-0.4, -0.2) is 10.2 Å². The number of aromatic hydroxyl groups is 2. The zero-order valence-corrected chi connectivity index (χ0v) is 17.6. The van der Waals surface area contributed by atoms with Crippen molar-refractivity contribution in [2.45, 2.75) is 0 Å². The van der Waals surface area contributed by atoms with Gasteiger partial charge in [0.15, 0.2) is 0 Å². The Kier molecular flexibility index (Phi) is 7.13. The van der Waals surface area contributed by atoms with Gasteiger partial charge in [0, 0.05) is 0 Å². The molecular formula is C26H16N6O2. The number of anilines is 2. The van der Waals surface area contributed by atoms with Crippen LogP contribution in [0.2, 0.25) is 0 Å². The van der Waals surface area contributed by atoms with E-state index in [0.29, 0.717) is 22.5 Å². The fourth-order valence-electron chi connectivity index (χ4n) is 3.04. The highest BCUT2D eigenvalue weighted by Crippen LogP contribution is 2.31. The van der Waals surface area contributed by atoms with Crippen molar-refractivity contribution in [3.8, 4) is 23.6 Å². The SMILES string of the molecule is [C-]#[N+]/C(C#N)=C(\Nc1ccccc1O)c1ccc(/C(Nc2ccccc2O)=C(/C#N)[N+]#[C-])cc1. The summed E-state index contributed by atoms with van der Waals surface area (Å²) in [6, 6.07) is 23.0. The molecule has 3 rings (SSSR count). The first-order valence-corrected chi connectivity index (χ1v) is 9.76. The lowest BCUT2D eigenvalue weighted by Gasteiger charge is -2.16. The Morgan fingerprint density at radius 1 is 0.647 bits per heavy atom. The van der Waals surface area contributed by atoms with E-state index in [0.717, 1.165) is 0 Å². The molecule has 0 saturated heterocycles. The number of benzene rings is 3. The minimum atomic E-state index is -0.210. The van der Waals surface area contributed by atoms with Crippen LogP contribution in [0.3, 0.4) is 0 Å². The monoisotopic (exact) mass is 444 g/mol. The summed E-state index contributed by atoms with van der Waals surface area (Å²) in [7, 11) is 0. The molecule has 0 atom stereocenters. The summed E-state index contributed by atoms with van der Waals surface area (Å²) in [5, 5.41) is 44.9. The molecule has 34 heavy (non-hydrogen) atoms. The number of para-hydroxylation sites is 4. The summed E-state index contributed by atoms with van der Waals surface area (Å²) in [6.45, 7) is 14.7. The van der Waals surface area contributed by atoms with Crippen LogP contribution in [-0.2, 0) is 0 Å². The molecule has 0 aliphatic heterocycles. The lowest BCUT2D eigenvalue weighted by atomic mass is 10.0. The van der Waals surface area contributed by atoms with Gasteiger partial charge in [-0.05, 0) is 35.4 Å². The minimum absolute atomic E-state index is 0.0494. The van der Waals surface area contributed by atoms with E-state index in [9.17, 15) is 20.7 Å². The third kappa shape index (κ3) is 4.95. The fourth-order valence-corrected chi connectivity index (χ4v) is 3.04. The smallest absolute Gasteiger partial charge is 0.285 e. The van der Waals surface area contributed by atoms with Gasteiger partial charge in [0.05, 0.1) is 48.1 Å². The molecule has 3 aromatic rings. The van der Waals surface area contributed by atoms with Crippen molar-refractivity contribution in [1.29, 1.82) is 10.5 Å². The first kappa shape index (κ1) is 23.0. The molecule has 0 fully saturated rings. The first-order chi connectivity index (χ1) is 16.5. The molecule has 0 unspecified atom stereocenters. The van der Waals surface area contributed by atoms with E-state index in [4.69, 9.17) is 13.1 Å². The van der Waals surface area contributed by atoms with Crippen LogP contribution in [0.5, 0.6) is 11.5 Å². The van der Waals surface area contributed by atoms with E-state index < -0.39 is 0 Å². The number of hydrogen-bond donors (Lipinski definition) is 4. The second kappa shape index (κ2) is 10.6. The second-order valence-corrected chi connectivity index (χ2v) is 6.76. The molecule has 162 valence electrons. The van der Waals surface area contributed by atoms with Crippen LogP contribution in [0.15, 0.2) is 84.2 Å². The Hall–Kier alpha value is -5.70. The van der Waals surface area contributed by atoms with Crippen LogP contribution in [0.4, 0.5) is 11.4 Å². The molecule has 0 saturated carbocycles. The number of nitrogens with one attached hydrogen (secondary N) is 2. The Labute approximate surface area is 196 Å². The third-order valence-corrected chi connectivity index (χ3v) is 4.70. The molecule has 3 aromatic carbocycles. The maximum Gasteiger partial charge on any atom is 0.285 e. The van der Waals surface area contributed by atoms with Crippen LogP contribution in [0.25, 0.3) is 21.1 Å². The van der Waals surface area contributed by atoms with Gasteiger partial charge < -0.3 is 20.8 Å². The first-order valence-electron chi connectivity index (χ1n) is 9.76. The summed E-state index contributed by atoms with van der Waals surface area (Å²) in [6.07, 6.45) is 0. The van der Waals surface area contributed by atoms with Crippen molar-refractivity contribution in [2.75, 3.05) is 10.6 Å². The van der Waals surface area contributed by atoms with Crippen LogP contribution in [0.1, 0.15) is 11.1 Å². The summed E-state index contributed by atoms with van der Waals surface area (Å²) < 4.78 is 0. The van der Waals surface area contributed by atoms with Gasteiger partial charge in [0.1, 0.15) is 11.5 Å². The number of rotatable bonds is 6. The van der Waals surface area contributed by atoms with Gasteiger partial charge in [-0.3, -0.25) is 0 Å². The predicted octanol–water partition coefficient (Wildman–Crippen LogP) is 5.54. The van der Waals surface area contributed by atoms with E-state index in [-0.39, 0.29) is 34.3 Å². The predicted molar refractivity (Wildman–Crippen MR) is 128 cm³/mol. The molecule has 0 aliphatic rings. The van der Waals surface area contributed by atoms with Gasteiger partial charge in [-0.15, -0.1) is 0 Å². The van der Waals surface area contributed by atoms with Crippen LogP contribution in [0, 0.1) is 35.8 Å². The Balaban J connectivity index is 2.06. The average Bonchev–Trinajstić information content (AvgIpc) is 2.86. The number of nitriles is 2. The van der Waals surface area contributed by atoms with Gasteiger partial charge in [-0.1, -0.05) is 48.5 Å². The minimum Gasteiger partial charge on any atom is -0.506 e. The van der Waals surface area contributed by atoms with Crippen molar-refractivity contribution in [3.63, 3.8) is 0 Å². The second-order valence-electron chi connectivity index (χ2n) is 6.76. The standard InChI is InChI=1S/C26H16N6O2/c1-29-21(15-27)25(31-19-7-3-5-9-23(19)33)17-11-13-18(14-12-17)26(22(16-28)30-2)32-20-8-4-6-10-24(20)34/h3-14,31-34H/b25-21-,26-22+. The largest absolute Gasteiger partial charge is 0.506 e. The molecule has 0 heterocycles. The van der Waals surface area contributed by atoms with Crippen LogP contribution >= 0.6 is 0 Å². The maximum atomic E-state index is 10.1. The molecule has 0 aliphatic carbocycles. The van der Waals surface area contributed by atoms with E-state index in [1.807, 2.05) is 12.1 Å². The number of allylic oxidation sites excluding steroid dienone is 2.